The van der Waals surface area contributed by atoms with E-state index in [-0.39, 0.29) is 0 Å². The van der Waals surface area contributed by atoms with Gasteiger partial charge in [0.05, 0.1) is 12.6 Å². The Morgan fingerprint density at radius 1 is 1.21 bits per heavy atom. The minimum Gasteiger partial charge on any atom is -0.495 e. The number of hydrogen-bond donors (Lipinski definition) is 0. The van der Waals surface area contributed by atoms with Crippen molar-refractivity contribution >= 4 is 33.8 Å². The summed E-state index contributed by atoms with van der Waals surface area (Å²) in [6, 6.07) is 7.80. The highest BCUT2D eigenvalue weighted by Crippen LogP contribution is 2.35. The topological polar surface area (TPSA) is 35.0 Å². The molecule has 1 aromatic carbocycles. The maximum Gasteiger partial charge on any atom is 0.175 e. The lowest BCUT2D eigenvalue weighted by Crippen LogP contribution is -1.93. The van der Waals surface area contributed by atoms with Crippen molar-refractivity contribution in [2.45, 2.75) is 6.92 Å². The normalized spacial score (nSPS) is 10.9. The van der Waals surface area contributed by atoms with Gasteiger partial charge in [0.1, 0.15) is 15.8 Å². The van der Waals surface area contributed by atoms with Crippen LogP contribution < -0.4 is 4.74 Å². The van der Waals surface area contributed by atoms with Crippen LogP contribution in [0.4, 0.5) is 0 Å². The molecule has 0 atom stereocenters. The molecule has 0 aliphatic carbocycles. The maximum atomic E-state index is 6.26. The lowest BCUT2D eigenvalue weighted by molar-refractivity contribution is 0.418. The SMILES string of the molecule is COc1ccsc1-c1nc(Cl)c2cccc(C)c2n1. The van der Waals surface area contributed by atoms with Gasteiger partial charge in [-0.25, -0.2) is 9.97 Å². The Hall–Kier alpha value is -1.65. The number of hydrogen-bond acceptors (Lipinski definition) is 4. The molecule has 0 bridgehead atoms. The van der Waals surface area contributed by atoms with Gasteiger partial charge in [0.25, 0.3) is 0 Å². The number of rotatable bonds is 2. The van der Waals surface area contributed by atoms with Crippen LogP contribution in [0.1, 0.15) is 5.56 Å². The van der Waals surface area contributed by atoms with Crippen LogP contribution in [0.25, 0.3) is 21.6 Å². The van der Waals surface area contributed by atoms with Crippen molar-refractivity contribution in [2.75, 3.05) is 7.11 Å². The van der Waals surface area contributed by atoms with Crippen LogP contribution in [-0.2, 0) is 0 Å². The molecule has 3 rings (SSSR count). The average molecular weight is 291 g/mol. The standard InChI is InChI=1S/C14H11ClN2OS/c1-8-4-3-5-9-11(8)16-14(17-13(9)15)12-10(18-2)6-7-19-12/h3-7H,1-2H3. The molecular formula is C14H11ClN2OS. The van der Waals surface area contributed by atoms with Crippen LogP contribution in [0.15, 0.2) is 29.6 Å². The molecule has 19 heavy (non-hydrogen) atoms. The molecule has 0 N–H and O–H groups in total. The molecule has 0 fully saturated rings. The van der Waals surface area contributed by atoms with Crippen molar-refractivity contribution in [3.05, 3.63) is 40.4 Å². The zero-order valence-corrected chi connectivity index (χ0v) is 12.0. The highest BCUT2D eigenvalue weighted by atomic mass is 35.5. The molecule has 0 saturated heterocycles. The molecule has 2 aromatic heterocycles. The molecule has 0 unspecified atom stereocenters. The van der Waals surface area contributed by atoms with E-state index in [0.717, 1.165) is 27.1 Å². The van der Waals surface area contributed by atoms with Crippen LogP contribution >= 0.6 is 22.9 Å². The van der Waals surface area contributed by atoms with E-state index in [9.17, 15) is 0 Å². The lowest BCUT2D eigenvalue weighted by atomic mass is 10.1. The number of methoxy groups -OCH3 is 1. The Morgan fingerprint density at radius 2 is 2.05 bits per heavy atom. The fourth-order valence-electron chi connectivity index (χ4n) is 1.98. The van der Waals surface area contributed by atoms with Crippen molar-refractivity contribution in [1.82, 2.24) is 9.97 Å². The van der Waals surface area contributed by atoms with Crippen molar-refractivity contribution in [3.63, 3.8) is 0 Å². The quantitative estimate of drug-likeness (QED) is 0.659. The number of aryl methyl sites for hydroxylation is 1. The minimum absolute atomic E-state index is 0.471. The third-order valence-electron chi connectivity index (χ3n) is 2.93. The first-order valence-electron chi connectivity index (χ1n) is 5.75. The number of aromatic nitrogens is 2. The van der Waals surface area contributed by atoms with Crippen LogP contribution in [-0.4, -0.2) is 17.1 Å². The summed E-state index contributed by atoms with van der Waals surface area (Å²) in [5.74, 6) is 1.38. The first kappa shape index (κ1) is 12.4. The van der Waals surface area contributed by atoms with Gasteiger partial charge in [-0.1, -0.05) is 23.7 Å². The number of benzene rings is 1. The number of thiophene rings is 1. The fraction of sp³-hybridized carbons (Fsp3) is 0.143. The second-order valence-electron chi connectivity index (χ2n) is 4.13. The molecular weight excluding hydrogens is 280 g/mol. The molecule has 0 amide bonds. The Balaban J connectivity index is 2.29. The summed E-state index contributed by atoms with van der Waals surface area (Å²) in [4.78, 5) is 9.90. The number of fused-ring (bicyclic) bond motifs is 1. The van der Waals surface area contributed by atoms with Crippen molar-refractivity contribution < 1.29 is 4.74 Å². The molecule has 3 aromatic rings. The smallest absolute Gasteiger partial charge is 0.175 e. The molecule has 0 radical (unpaired) electrons. The fourth-order valence-corrected chi connectivity index (χ4v) is 3.01. The zero-order valence-electron chi connectivity index (χ0n) is 10.5. The number of halogens is 1. The molecule has 3 nitrogen and oxygen atoms in total. The summed E-state index contributed by atoms with van der Waals surface area (Å²) in [5.41, 5.74) is 1.96. The molecule has 5 heteroatoms. The highest BCUT2D eigenvalue weighted by molar-refractivity contribution is 7.13. The van der Waals surface area contributed by atoms with E-state index < -0.39 is 0 Å². The summed E-state index contributed by atoms with van der Waals surface area (Å²) in [5, 5.41) is 3.30. The monoisotopic (exact) mass is 290 g/mol. The third kappa shape index (κ3) is 2.07. The van der Waals surface area contributed by atoms with Gasteiger partial charge in [-0.3, -0.25) is 0 Å². The van der Waals surface area contributed by atoms with Gasteiger partial charge >= 0.3 is 0 Å². The first-order valence-corrected chi connectivity index (χ1v) is 7.01. The Bertz CT molecular complexity index is 754. The summed E-state index contributed by atoms with van der Waals surface area (Å²) < 4.78 is 5.31. The predicted molar refractivity (Wildman–Crippen MR) is 79.2 cm³/mol. The lowest BCUT2D eigenvalue weighted by Gasteiger charge is -2.06. The number of para-hydroxylation sites is 1. The van der Waals surface area contributed by atoms with Gasteiger partial charge in [0.15, 0.2) is 5.82 Å². The number of ether oxygens (including phenoxy) is 1. The van der Waals surface area contributed by atoms with Crippen LogP contribution in [0.5, 0.6) is 5.75 Å². The van der Waals surface area contributed by atoms with Gasteiger partial charge in [-0.2, -0.15) is 0 Å². The van der Waals surface area contributed by atoms with Crippen LogP contribution in [0.2, 0.25) is 5.15 Å². The summed E-state index contributed by atoms with van der Waals surface area (Å²) in [6.45, 7) is 2.01. The Labute approximate surface area is 119 Å². The average Bonchev–Trinajstić information content (AvgIpc) is 2.88. The van der Waals surface area contributed by atoms with Crippen molar-refractivity contribution in [3.8, 4) is 16.5 Å². The Morgan fingerprint density at radius 3 is 2.84 bits per heavy atom. The third-order valence-corrected chi connectivity index (χ3v) is 4.11. The molecule has 0 spiro atoms. The molecule has 0 aliphatic rings. The van der Waals surface area contributed by atoms with E-state index >= 15 is 0 Å². The van der Waals surface area contributed by atoms with Crippen LogP contribution in [0, 0.1) is 6.92 Å². The van der Waals surface area contributed by atoms with Gasteiger partial charge in [0.2, 0.25) is 0 Å². The van der Waals surface area contributed by atoms with Crippen molar-refractivity contribution in [1.29, 1.82) is 0 Å². The number of nitrogens with zero attached hydrogens (tertiary/aromatic N) is 2. The molecule has 0 saturated carbocycles. The van der Waals surface area contributed by atoms with E-state index in [1.165, 1.54) is 0 Å². The van der Waals surface area contributed by atoms with E-state index in [0.29, 0.717) is 11.0 Å². The highest BCUT2D eigenvalue weighted by Gasteiger charge is 2.14. The van der Waals surface area contributed by atoms with Gasteiger partial charge < -0.3 is 4.74 Å². The van der Waals surface area contributed by atoms with E-state index in [1.54, 1.807) is 18.4 Å². The minimum atomic E-state index is 0.471. The van der Waals surface area contributed by atoms with Crippen LogP contribution in [0.3, 0.4) is 0 Å². The van der Waals surface area contributed by atoms with E-state index in [4.69, 9.17) is 16.3 Å². The van der Waals surface area contributed by atoms with E-state index in [1.807, 2.05) is 36.6 Å². The summed E-state index contributed by atoms with van der Waals surface area (Å²) in [7, 11) is 1.64. The first-order chi connectivity index (χ1) is 9.20. The van der Waals surface area contributed by atoms with Crippen molar-refractivity contribution in [2.24, 2.45) is 0 Å². The van der Waals surface area contributed by atoms with Gasteiger partial charge in [-0.05, 0) is 30.0 Å². The van der Waals surface area contributed by atoms with Gasteiger partial charge in [-0.15, -0.1) is 11.3 Å². The van der Waals surface area contributed by atoms with Gasteiger partial charge in [0, 0.05) is 5.39 Å². The molecule has 2 heterocycles. The predicted octanol–water partition coefficient (Wildman–Crippen LogP) is 4.33. The largest absolute Gasteiger partial charge is 0.495 e. The summed E-state index contributed by atoms with van der Waals surface area (Å²) >= 11 is 7.80. The molecule has 0 aliphatic heterocycles. The second-order valence-corrected chi connectivity index (χ2v) is 5.40. The maximum absolute atomic E-state index is 6.26. The second kappa shape index (κ2) is 4.79. The zero-order chi connectivity index (χ0) is 13.4. The molecule has 96 valence electrons. The Kier molecular flexibility index (Phi) is 3.12. The summed E-state index contributed by atoms with van der Waals surface area (Å²) in [6.07, 6.45) is 0. The van der Waals surface area contributed by atoms with E-state index in [2.05, 4.69) is 9.97 Å².